The molecule has 0 aliphatic rings. The van der Waals surface area contributed by atoms with Gasteiger partial charge in [-0.15, -0.1) is 0 Å². The van der Waals surface area contributed by atoms with E-state index in [4.69, 9.17) is 9.47 Å². The zero-order valence-electron chi connectivity index (χ0n) is 12.7. The molecule has 0 heterocycles. The monoisotopic (exact) mass is 289 g/mol. The van der Waals surface area contributed by atoms with Crippen molar-refractivity contribution in [2.75, 3.05) is 21.3 Å². The van der Waals surface area contributed by atoms with Crippen LogP contribution >= 0.6 is 0 Å². The molecule has 0 radical (unpaired) electrons. The first kappa shape index (κ1) is 15.3. The molecule has 2 aromatic carbocycles. The van der Waals surface area contributed by atoms with Crippen molar-refractivity contribution in [1.29, 1.82) is 0 Å². The Kier molecular flexibility index (Phi) is 4.81. The van der Waals surface area contributed by atoms with Gasteiger partial charge in [-0.3, -0.25) is 0 Å². The Hall–Kier alpha value is -2.07. The molecule has 4 heteroatoms. The Morgan fingerprint density at radius 3 is 2.33 bits per heavy atom. The molecule has 1 unspecified atom stereocenters. The van der Waals surface area contributed by atoms with E-state index >= 15 is 0 Å². The number of rotatable bonds is 5. The Morgan fingerprint density at radius 1 is 1.00 bits per heavy atom. The smallest absolute Gasteiger partial charge is 0.161 e. The van der Waals surface area contributed by atoms with Crippen LogP contribution in [0.4, 0.5) is 4.39 Å². The number of halogens is 1. The number of hydrogen-bond acceptors (Lipinski definition) is 3. The number of benzene rings is 2. The zero-order chi connectivity index (χ0) is 15.4. The van der Waals surface area contributed by atoms with Gasteiger partial charge in [0.25, 0.3) is 0 Å². The summed E-state index contributed by atoms with van der Waals surface area (Å²) in [5.41, 5.74) is 2.93. The van der Waals surface area contributed by atoms with E-state index in [1.54, 1.807) is 26.4 Å². The largest absolute Gasteiger partial charge is 0.493 e. The highest BCUT2D eigenvalue weighted by atomic mass is 19.1. The summed E-state index contributed by atoms with van der Waals surface area (Å²) in [6.07, 6.45) is 0. The first-order valence-electron chi connectivity index (χ1n) is 6.76. The average Bonchev–Trinajstić information content (AvgIpc) is 2.51. The molecule has 0 spiro atoms. The molecule has 0 aromatic heterocycles. The Labute approximate surface area is 124 Å². The van der Waals surface area contributed by atoms with E-state index < -0.39 is 0 Å². The minimum Gasteiger partial charge on any atom is -0.493 e. The van der Waals surface area contributed by atoms with Crippen molar-refractivity contribution in [2.45, 2.75) is 13.0 Å². The summed E-state index contributed by atoms with van der Waals surface area (Å²) in [7, 11) is 5.05. The number of hydrogen-bond donors (Lipinski definition) is 1. The lowest BCUT2D eigenvalue weighted by atomic mass is 9.94. The summed E-state index contributed by atoms with van der Waals surface area (Å²) in [4.78, 5) is 0. The maximum Gasteiger partial charge on any atom is 0.161 e. The van der Waals surface area contributed by atoms with Gasteiger partial charge >= 0.3 is 0 Å². The van der Waals surface area contributed by atoms with Crippen molar-refractivity contribution >= 4 is 0 Å². The van der Waals surface area contributed by atoms with E-state index in [1.807, 2.05) is 32.2 Å². The number of aryl methyl sites for hydroxylation is 1. The van der Waals surface area contributed by atoms with Gasteiger partial charge in [-0.05, 0) is 54.9 Å². The average molecular weight is 289 g/mol. The molecule has 3 nitrogen and oxygen atoms in total. The van der Waals surface area contributed by atoms with E-state index in [2.05, 4.69) is 5.32 Å². The quantitative estimate of drug-likeness (QED) is 0.914. The topological polar surface area (TPSA) is 30.5 Å². The maximum atomic E-state index is 13.6. The summed E-state index contributed by atoms with van der Waals surface area (Å²) >= 11 is 0. The van der Waals surface area contributed by atoms with Crippen LogP contribution in [0.2, 0.25) is 0 Å². The fourth-order valence-corrected chi connectivity index (χ4v) is 2.46. The van der Waals surface area contributed by atoms with Gasteiger partial charge in [0.05, 0.1) is 20.3 Å². The highest BCUT2D eigenvalue weighted by molar-refractivity contribution is 5.46. The molecule has 0 fully saturated rings. The SMILES string of the molecule is CNC(c1ccc(OC)c(OC)c1)c1cc(F)ccc1C. The highest BCUT2D eigenvalue weighted by Gasteiger charge is 2.17. The highest BCUT2D eigenvalue weighted by Crippen LogP contribution is 2.33. The van der Waals surface area contributed by atoms with Gasteiger partial charge in [-0.1, -0.05) is 12.1 Å². The number of ether oxygens (including phenoxy) is 2. The van der Waals surface area contributed by atoms with Crippen LogP contribution in [-0.4, -0.2) is 21.3 Å². The normalized spacial score (nSPS) is 12.0. The second kappa shape index (κ2) is 6.59. The third-order valence-corrected chi connectivity index (χ3v) is 3.58. The van der Waals surface area contributed by atoms with Crippen LogP contribution in [0.25, 0.3) is 0 Å². The summed E-state index contributed by atoms with van der Waals surface area (Å²) in [6, 6.07) is 10.4. The fraction of sp³-hybridized carbons (Fsp3) is 0.294. The first-order valence-corrected chi connectivity index (χ1v) is 6.76. The van der Waals surface area contributed by atoms with Crippen molar-refractivity contribution in [1.82, 2.24) is 5.32 Å². The van der Waals surface area contributed by atoms with Gasteiger partial charge in [0.1, 0.15) is 5.82 Å². The van der Waals surface area contributed by atoms with Crippen molar-refractivity contribution < 1.29 is 13.9 Å². The third-order valence-electron chi connectivity index (χ3n) is 3.58. The lowest BCUT2D eigenvalue weighted by Crippen LogP contribution is -2.19. The fourth-order valence-electron chi connectivity index (χ4n) is 2.46. The Morgan fingerprint density at radius 2 is 1.71 bits per heavy atom. The van der Waals surface area contributed by atoms with E-state index in [0.717, 1.165) is 16.7 Å². The minimum atomic E-state index is -0.240. The predicted octanol–water partition coefficient (Wildman–Crippen LogP) is 3.46. The van der Waals surface area contributed by atoms with E-state index in [1.165, 1.54) is 6.07 Å². The molecule has 0 saturated heterocycles. The lowest BCUT2D eigenvalue weighted by Gasteiger charge is -2.21. The van der Waals surface area contributed by atoms with Gasteiger partial charge < -0.3 is 14.8 Å². The predicted molar refractivity (Wildman–Crippen MR) is 81.6 cm³/mol. The van der Waals surface area contributed by atoms with Crippen LogP contribution in [0.3, 0.4) is 0 Å². The molecular weight excluding hydrogens is 269 g/mol. The van der Waals surface area contributed by atoms with Crippen LogP contribution in [-0.2, 0) is 0 Å². The van der Waals surface area contributed by atoms with Gasteiger partial charge in [0, 0.05) is 0 Å². The summed E-state index contributed by atoms with van der Waals surface area (Å²) in [5, 5.41) is 3.23. The van der Waals surface area contributed by atoms with Crippen LogP contribution < -0.4 is 14.8 Å². The summed E-state index contributed by atoms with van der Waals surface area (Å²) < 4.78 is 24.1. The third kappa shape index (κ3) is 3.16. The van der Waals surface area contributed by atoms with E-state index in [9.17, 15) is 4.39 Å². The van der Waals surface area contributed by atoms with Crippen LogP contribution in [0, 0.1) is 12.7 Å². The van der Waals surface area contributed by atoms with Gasteiger partial charge in [-0.25, -0.2) is 4.39 Å². The second-order valence-electron chi connectivity index (χ2n) is 4.84. The first-order chi connectivity index (χ1) is 10.1. The van der Waals surface area contributed by atoms with E-state index in [0.29, 0.717) is 11.5 Å². The molecule has 0 saturated carbocycles. The standard InChI is InChI=1S/C17H20FNO2/c1-11-5-7-13(18)10-14(11)17(19-2)12-6-8-15(20-3)16(9-12)21-4/h5-10,17,19H,1-4H3. The zero-order valence-corrected chi connectivity index (χ0v) is 12.7. The molecule has 1 atom stereocenters. The molecule has 0 bridgehead atoms. The van der Waals surface area contributed by atoms with Crippen LogP contribution in [0.5, 0.6) is 11.5 Å². The summed E-state index contributed by atoms with van der Waals surface area (Å²) in [5.74, 6) is 1.09. The van der Waals surface area contributed by atoms with E-state index in [-0.39, 0.29) is 11.9 Å². The van der Waals surface area contributed by atoms with Gasteiger partial charge in [-0.2, -0.15) is 0 Å². The minimum absolute atomic E-state index is 0.111. The Bertz CT molecular complexity index is 628. The summed E-state index contributed by atoms with van der Waals surface area (Å²) in [6.45, 7) is 1.97. The maximum absolute atomic E-state index is 13.6. The van der Waals surface area contributed by atoms with Gasteiger partial charge in [0.15, 0.2) is 11.5 Å². The molecule has 21 heavy (non-hydrogen) atoms. The molecule has 2 rings (SSSR count). The molecule has 112 valence electrons. The Balaban J connectivity index is 2.48. The molecule has 0 aliphatic heterocycles. The van der Waals surface area contributed by atoms with Crippen LogP contribution in [0.15, 0.2) is 36.4 Å². The molecular formula is C17H20FNO2. The number of nitrogens with one attached hydrogen (secondary N) is 1. The van der Waals surface area contributed by atoms with Crippen molar-refractivity contribution in [3.63, 3.8) is 0 Å². The van der Waals surface area contributed by atoms with Crippen molar-refractivity contribution in [3.8, 4) is 11.5 Å². The van der Waals surface area contributed by atoms with Gasteiger partial charge in [0.2, 0.25) is 0 Å². The van der Waals surface area contributed by atoms with Crippen LogP contribution in [0.1, 0.15) is 22.7 Å². The number of methoxy groups -OCH3 is 2. The van der Waals surface area contributed by atoms with Crippen molar-refractivity contribution in [2.24, 2.45) is 0 Å². The second-order valence-corrected chi connectivity index (χ2v) is 4.84. The lowest BCUT2D eigenvalue weighted by molar-refractivity contribution is 0.354. The molecule has 1 N–H and O–H groups in total. The molecule has 0 aliphatic carbocycles. The molecule has 0 amide bonds. The molecule has 2 aromatic rings. The van der Waals surface area contributed by atoms with Crippen molar-refractivity contribution in [3.05, 3.63) is 58.9 Å².